The molecule has 1 aromatic rings. The molecule has 0 fully saturated rings. The Balaban J connectivity index is 3.23. The molecule has 0 amide bonds. The second-order valence-electron chi connectivity index (χ2n) is 2.98. The molecule has 0 aromatic heterocycles. The molecule has 0 bridgehead atoms. The quantitative estimate of drug-likeness (QED) is 0.775. The zero-order chi connectivity index (χ0) is 11.4. The summed E-state index contributed by atoms with van der Waals surface area (Å²) in [5, 5.41) is 8.88. The smallest absolute Gasteiger partial charge is 0.339 e. The van der Waals surface area contributed by atoms with Crippen LogP contribution in [0.4, 0.5) is 0 Å². The van der Waals surface area contributed by atoms with Gasteiger partial charge in [0.2, 0.25) is 0 Å². The van der Waals surface area contributed by atoms with Crippen LogP contribution >= 0.6 is 15.9 Å². The third-order valence-electron chi connectivity index (χ3n) is 1.91. The van der Waals surface area contributed by atoms with Crippen LogP contribution in [-0.2, 0) is 4.74 Å². The van der Waals surface area contributed by atoms with Crippen LogP contribution < -0.4 is 0 Å². The Morgan fingerprint density at radius 3 is 2.80 bits per heavy atom. The Kier molecular flexibility index (Phi) is 3.87. The Morgan fingerprint density at radius 1 is 1.60 bits per heavy atom. The summed E-state index contributed by atoms with van der Waals surface area (Å²) in [6.45, 7) is 3.89. The molecule has 1 rings (SSSR count). The molecule has 0 saturated heterocycles. The summed E-state index contributed by atoms with van der Waals surface area (Å²) in [6, 6.07) is 5.26. The van der Waals surface area contributed by atoms with E-state index < -0.39 is 5.97 Å². The number of nitriles is 1. The molecule has 0 unspecified atom stereocenters. The Labute approximate surface area is 96.8 Å². The van der Waals surface area contributed by atoms with Crippen LogP contribution in [0.5, 0.6) is 0 Å². The van der Waals surface area contributed by atoms with Gasteiger partial charge >= 0.3 is 5.97 Å². The van der Waals surface area contributed by atoms with Crippen molar-refractivity contribution in [3.05, 3.63) is 33.3 Å². The number of nitrogens with zero attached hydrogens (tertiary/aromatic N) is 1. The summed E-state index contributed by atoms with van der Waals surface area (Å²) < 4.78 is 5.65. The van der Waals surface area contributed by atoms with Gasteiger partial charge in [0.05, 0.1) is 17.7 Å². The summed E-state index contributed by atoms with van der Waals surface area (Å²) in [4.78, 5) is 11.5. The van der Waals surface area contributed by atoms with E-state index in [-0.39, 0.29) is 0 Å². The maximum Gasteiger partial charge on any atom is 0.339 e. The summed E-state index contributed by atoms with van der Waals surface area (Å²) in [7, 11) is 0. The lowest BCUT2D eigenvalue weighted by Crippen LogP contribution is -2.07. The predicted molar refractivity (Wildman–Crippen MR) is 59.6 cm³/mol. The van der Waals surface area contributed by atoms with Crippen molar-refractivity contribution < 1.29 is 9.53 Å². The van der Waals surface area contributed by atoms with Crippen LogP contribution in [0.3, 0.4) is 0 Å². The topological polar surface area (TPSA) is 50.1 Å². The van der Waals surface area contributed by atoms with E-state index in [2.05, 4.69) is 15.9 Å². The van der Waals surface area contributed by atoms with Crippen molar-refractivity contribution in [3.63, 3.8) is 0 Å². The van der Waals surface area contributed by atoms with Gasteiger partial charge in [0.15, 0.2) is 0 Å². The number of hydrogen-bond donors (Lipinski definition) is 0. The number of carbonyl (C=O) groups excluding carboxylic acids is 1. The fraction of sp³-hybridized carbons (Fsp3) is 0.273. The molecule has 1 aromatic carbocycles. The first-order valence-electron chi connectivity index (χ1n) is 4.47. The Morgan fingerprint density at radius 2 is 2.27 bits per heavy atom. The van der Waals surface area contributed by atoms with Gasteiger partial charge < -0.3 is 4.74 Å². The van der Waals surface area contributed by atoms with E-state index in [9.17, 15) is 4.79 Å². The molecule has 0 spiro atoms. The SMILES string of the molecule is CCOC(=O)c1cc(Br)c(C)cc1C#N. The van der Waals surface area contributed by atoms with E-state index in [4.69, 9.17) is 10.00 Å². The first-order valence-corrected chi connectivity index (χ1v) is 5.26. The largest absolute Gasteiger partial charge is 0.462 e. The zero-order valence-corrected chi connectivity index (χ0v) is 10.1. The van der Waals surface area contributed by atoms with Crippen molar-refractivity contribution in [2.75, 3.05) is 6.61 Å². The first-order chi connectivity index (χ1) is 7.10. The number of ether oxygens (including phenoxy) is 1. The van der Waals surface area contributed by atoms with Gasteiger partial charge in [0.1, 0.15) is 6.07 Å². The number of rotatable bonds is 2. The minimum absolute atomic E-state index is 0.301. The number of benzene rings is 1. The first kappa shape index (κ1) is 11.7. The molecule has 0 saturated carbocycles. The molecular formula is C11H10BrNO2. The minimum atomic E-state index is -0.463. The predicted octanol–water partition coefficient (Wildman–Crippen LogP) is 2.81. The van der Waals surface area contributed by atoms with Crippen LogP contribution in [0.1, 0.15) is 28.4 Å². The molecule has 78 valence electrons. The van der Waals surface area contributed by atoms with Gasteiger partial charge in [-0.05, 0) is 31.5 Å². The number of carbonyl (C=O) groups is 1. The van der Waals surface area contributed by atoms with Crippen LogP contribution in [0.2, 0.25) is 0 Å². The maximum atomic E-state index is 11.5. The van der Waals surface area contributed by atoms with Crippen LogP contribution in [0.25, 0.3) is 0 Å². The summed E-state index contributed by atoms with van der Waals surface area (Å²) >= 11 is 3.31. The third kappa shape index (κ3) is 2.57. The highest BCUT2D eigenvalue weighted by Gasteiger charge is 2.14. The maximum absolute atomic E-state index is 11.5. The van der Waals surface area contributed by atoms with Crippen molar-refractivity contribution in [2.24, 2.45) is 0 Å². The average molecular weight is 268 g/mol. The lowest BCUT2D eigenvalue weighted by atomic mass is 10.1. The lowest BCUT2D eigenvalue weighted by Gasteiger charge is -2.06. The van der Waals surface area contributed by atoms with Gasteiger partial charge in [0, 0.05) is 4.47 Å². The van der Waals surface area contributed by atoms with Gasteiger partial charge in [-0.1, -0.05) is 15.9 Å². The average Bonchev–Trinajstić information content (AvgIpc) is 2.21. The van der Waals surface area contributed by atoms with Crippen molar-refractivity contribution in [1.82, 2.24) is 0 Å². The molecule has 0 aliphatic rings. The van der Waals surface area contributed by atoms with Gasteiger partial charge in [-0.25, -0.2) is 4.79 Å². The summed E-state index contributed by atoms with van der Waals surface area (Å²) in [6.07, 6.45) is 0. The zero-order valence-electron chi connectivity index (χ0n) is 8.50. The van der Waals surface area contributed by atoms with Crippen LogP contribution in [0.15, 0.2) is 16.6 Å². The number of aryl methyl sites for hydroxylation is 1. The molecule has 0 radical (unpaired) electrons. The fourth-order valence-corrected chi connectivity index (χ4v) is 1.50. The minimum Gasteiger partial charge on any atom is -0.462 e. The Hall–Kier alpha value is -1.34. The molecule has 0 heterocycles. The molecule has 0 aliphatic heterocycles. The van der Waals surface area contributed by atoms with Gasteiger partial charge in [0.25, 0.3) is 0 Å². The standard InChI is InChI=1S/C11H10BrNO2/c1-3-15-11(14)9-5-10(12)7(2)4-8(9)6-13/h4-5H,3H2,1-2H3. The molecule has 0 atom stereocenters. The fourth-order valence-electron chi connectivity index (χ4n) is 1.15. The van der Waals surface area contributed by atoms with Gasteiger partial charge in [-0.2, -0.15) is 5.26 Å². The highest BCUT2D eigenvalue weighted by Crippen LogP contribution is 2.21. The van der Waals surface area contributed by atoms with Crippen molar-refractivity contribution in [3.8, 4) is 6.07 Å². The van der Waals surface area contributed by atoms with Crippen molar-refractivity contribution in [2.45, 2.75) is 13.8 Å². The summed E-state index contributed by atoms with van der Waals surface area (Å²) in [5.41, 5.74) is 1.56. The number of esters is 1. The molecule has 0 N–H and O–H groups in total. The molecule has 15 heavy (non-hydrogen) atoms. The van der Waals surface area contributed by atoms with Crippen molar-refractivity contribution in [1.29, 1.82) is 5.26 Å². The third-order valence-corrected chi connectivity index (χ3v) is 2.77. The van der Waals surface area contributed by atoms with E-state index >= 15 is 0 Å². The highest BCUT2D eigenvalue weighted by molar-refractivity contribution is 9.10. The second-order valence-corrected chi connectivity index (χ2v) is 3.83. The van der Waals surface area contributed by atoms with Crippen LogP contribution in [0, 0.1) is 18.3 Å². The molecule has 3 nitrogen and oxygen atoms in total. The van der Waals surface area contributed by atoms with Gasteiger partial charge in [-0.15, -0.1) is 0 Å². The monoisotopic (exact) mass is 267 g/mol. The Bertz CT molecular complexity index is 435. The number of hydrogen-bond acceptors (Lipinski definition) is 3. The second kappa shape index (κ2) is 4.94. The van der Waals surface area contributed by atoms with E-state index in [1.807, 2.05) is 13.0 Å². The summed E-state index contributed by atoms with van der Waals surface area (Å²) in [5.74, 6) is -0.463. The normalized spacial score (nSPS) is 9.47. The molecular weight excluding hydrogens is 258 g/mol. The molecule has 0 aliphatic carbocycles. The lowest BCUT2D eigenvalue weighted by molar-refractivity contribution is 0.0526. The van der Waals surface area contributed by atoms with E-state index in [1.165, 1.54) is 0 Å². The van der Waals surface area contributed by atoms with Gasteiger partial charge in [-0.3, -0.25) is 0 Å². The number of halogens is 1. The van der Waals surface area contributed by atoms with E-state index in [1.54, 1.807) is 19.1 Å². The van der Waals surface area contributed by atoms with Crippen molar-refractivity contribution >= 4 is 21.9 Å². The van der Waals surface area contributed by atoms with E-state index in [0.717, 1.165) is 10.0 Å². The van der Waals surface area contributed by atoms with E-state index in [0.29, 0.717) is 17.7 Å². The molecule has 4 heteroatoms. The van der Waals surface area contributed by atoms with Crippen LogP contribution in [-0.4, -0.2) is 12.6 Å². The highest BCUT2D eigenvalue weighted by atomic mass is 79.9.